The van der Waals surface area contributed by atoms with Crippen LogP contribution < -0.4 is 4.90 Å². The Morgan fingerprint density at radius 2 is 2.00 bits per heavy atom. The lowest BCUT2D eigenvalue weighted by Gasteiger charge is -2.23. The highest BCUT2D eigenvalue weighted by molar-refractivity contribution is 8.00. The first-order valence-electron chi connectivity index (χ1n) is 9.54. The molecule has 0 N–H and O–H groups in total. The molecule has 0 bridgehead atoms. The second-order valence-electron chi connectivity index (χ2n) is 7.02. The second kappa shape index (κ2) is 9.26. The van der Waals surface area contributed by atoms with Crippen LogP contribution in [0, 0.1) is 0 Å². The zero-order chi connectivity index (χ0) is 19.2. The normalized spacial score (nSPS) is 20.5. The van der Waals surface area contributed by atoms with Gasteiger partial charge in [-0.1, -0.05) is 25.5 Å². The minimum Gasteiger partial charge on any atom is -0.454 e. The number of hydrogen-bond acceptors (Lipinski definition) is 5. The van der Waals surface area contributed by atoms with Crippen molar-refractivity contribution in [3.05, 3.63) is 24.3 Å². The second-order valence-corrected chi connectivity index (χ2v) is 8.50. The van der Waals surface area contributed by atoms with Crippen molar-refractivity contribution in [3.8, 4) is 0 Å². The predicted molar refractivity (Wildman–Crippen MR) is 105 cm³/mol. The molecule has 0 aliphatic carbocycles. The fourth-order valence-corrected chi connectivity index (χ4v) is 4.49. The van der Waals surface area contributed by atoms with Crippen LogP contribution in [0.3, 0.4) is 0 Å². The van der Waals surface area contributed by atoms with Crippen molar-refractivity contribution in [3.63, 3.8) is 0 Å². The lowest BCUT2D eigenvalue weighted by molar-refractivity contribution is -0.151. The molecule has 2 heterocycles. The molecule has 27 heavy (non-hydrogen) atoms. The molecule has 0 unspecified atom stereocenters. The fraction of sp³-hybridized carbons (Fsp3) is 0.550. The highest BCUT2D eigenvalue weighted by Crippen LogP contribution is 2.37. The monoisotopic (exact) mass is 390 g/mol. The van der Waals surface area contributed by atoms with Gasteiger partial charge in [0.25, 0.3) is 5.91 Å². The van der Waals surface area contributed by atoms with Gasteiger partial charge >= 0.3 is 5.97 Å². The number of para-hydroxylation sites is 1. The van der Waals surface area contributed by atoms with E-state index < -0.39 is 5.97 Å². The number of benzene rings is 1. The van der Waals surface area contributed by atoms with Crippen LogP contribution in [0.2, 0.25) is 0 Å². The third kappa shape index (κ3) is 5.25. The first-order chi connectivity index (χ1) is 13.0. The van der Waals surface area contributed by atoms with Gasteiger partial charge in [0.05, 0.1) is 5.69 Å². The van der Waals surface area contributed by atoms with Gasteiger partial charge in [-0.2, -0.15) is 0 Å². The molecular formula is C20H26N2O4S. The van der Waals surface area contributed by atoms with Crippen molar-refractivity contribution in [2.75, 3.05) is 31.1 Å². The predicted octanol–water partition coefficient (Wildman–Crippen LogP) is 2.85. The molecule has 7 heteroatoms. The number of hydrogen-bond donors (Lipinski definition) is 0. The quantitative estimate of drug-likeness (QED) is 0.740. The number of carbonyl (C=O) groups excluding carboxylic acids is 3. The van der Waals surface area contributed by atoms with E-state index in [2.05, 4.69) is 6.92 Å². The first kappa shape index (κ1) is 19.7. The summed E-state index contributed by atoms with van der Waals surface area (Å²) in [4.78, 5) is 41.1. The zero-order valence-electron chi connectivity index (χ0n) is 15.7. The average Bonchev–Trinajstić information content (AvgIpc) is 2.95. The maximum atomic E-state index is 12.7. The SMILES string of the molecule is C[C@H]1CCN(C(=O)COC(=O)CN2CCCCCC2=O)c2ccccc2S1. The minimum absolute atomic E-state index is 0.0109. The molecule has 146 valence electrons. The highest BCUT2D eigenvalue weighted by atomic mass is 32.2. The third-order valence-corrected chi connectivity index (χ3v) is 6.13. The highest BCUT2D eigenvalue weighted by Gasteiger charge is 2.25. The number of ether oxygens (including phenoxy) is 1. The Bertz CT molecular complexity index is 709. The number of rotatable bonds is 4. The Morgan fingerprint density at radius 3 is 2.85 bits per heavy atom. The maximum absolute atomic E-state index is 12.7. The van der Waals surface area contributed by atoms with Gasteiger partial charge < -0.3 is 14.5 Å². The molecule has 0 radical (unpaired) electrons. The summed E-state index contributed by atoms with van der Waals surface area (Å²) in [6.45, 7) is 2.96. The Kier molecular flexibility index (Phi) is 6.77. The lowest BCUT2D eigenvalue weighted by atomic mass is 10.2. The third-order valence-electron chi connectivity index (χ3n) is 4.89. The van der Waals surface area contributed by atoms with Gasteiger partial charge in [-0.3, -0.25) is 14.4 Å². The zero-order valence-corrected chi connectivity index (χ0v) is 16.5. The van der Waals surface area contributed by atoms with E-state index in [1.807, 2.05) is 24.3 Å². The van der Waals surface area contributed by atoms with E-state index in [4.69, 9.17) is 4.74 Å². The summed E-state index contributed by atoms with van der Waals surface area (Å²) in [5, 5.41) is 0.417. The van der Waals surface area contributed by atoms with Crippen LogP contribution in [-0.4, -0.2) is 54.2 Å². The Balaban J connectivity index is 1.57. The summed E-state index contributed by atoms with van der Waals surface area (Å²) >= 11 is 1.76. The maximum Gasteiger partial charge on any atom is 0.326 e. The van der Waals surface area contributed by atoms with Gasteiger partial charge in [0.2, 0.25) is 5.91 Å². The Labute approximate surface area is 164 Å². The van der Waals surface area contributed by atoms with Crippen LogP contribution in [0.5, 0.6) is 0 Å². The summed E-state index contributed by atoms with van der Waals surface area (Å²) in [6.07, 6.45) is 4.13. The largest absolute Gasteiger partial charge is 0.454 e. The van der Waals surface area contributed by atoms with Gasteiger partial charge in [-0.05, 0) is 31.4 Å². The molecule has 3 rings (SSSR count). The molecule has 2 aliphatic heterocycles. The van der Waals surface area contributed by atoms with Crippen LogP contribution in [0.15, 0.2) is 29.2 Å². The fourth-order valence-electron chi connectivity index (χ4n) is 3.37. The molecule has 6 nitrogen and oxygen atoms in total. The van der Waals surface area contributed by atoms with E-state index in [1.54, 1.807) is 21.6 Å². The number of thioether (sulfide) groups is 1. The van der Waals surface area contributed by atoms with Crippen molar-refractivity contribution in [2.45, 2.75) is 49.2 Å². The molecule has 0 aromatic heterocycles. The van der Waals surface area contributed by atoms with E-state index in [0.717, 1.165) is 36.3 Å². The number of nitrogens with zero attached hydrogens (tertiary/aromatic N) is 2. The van der Waals surface area contributed by atoms with E-state index in [1.165, 1.54) is 0 Å². The first-order valence-corrected chi connectivity index (χ1v) is 10.4. The van der Waals surface area contributed by atoms with Gasteiger partial charge in [0.1, 0.15) is 6.54 Å². The average molecular weight is 391 g/mol. The van der Waals surface area contributed by atoms with Gasteiger partial charge in [0, 0.05) is 29.7 Å². The Morgan fingerprint density at radius 1 is 1.19 bits per heavy atom. The van der Waals surface area contributed by atoms with Crippen molar-refractivity contribution >= 4 is 35.2 Å². The number of likely N-dealkylation sites (tertiary alicyclic amines) is 1. The van der Waals surface area contributed by atoms with Crippen LogP contribution in [0.25, 0.3) is 0 Å². The molecule has 1 aromatic carbocycles. The van der Waals surface area contributed by atoms with Crippen LogP contribution >= 0.6 is 11.8 Å². The van der Waals surface area contributed by atoms with E-state index in [-0.39, 0.29) is 25.0 Å². The number of fused-ring (bicyclic) bond motifs is 1. The molecular weight excluding hydrogens is 364 g/mol. The van der Waals surface area contributed by atoms with E-state index >= 15 is 0 Å². The van der Waals surface area contributed by atoms with Crippen molar-refractivity contribution in [1.29, 1.82) is 0 Å². The smallest absolute Gasteiger partial charge is 0.326 e. The van der Waals surface area contributed by atoms with Crippen molar-refractivity contribution in [1.82, 2.24) is 4.90 Å². The van der Waals surface area contributed by atoms with Crippen LogP contribution in [0.4, 0.5) is 5.69 Å². The number of anilines is 1. The minimum atomic E-state index is -0.524. The molecule has 1 saturated heterocycles. The van der Waals surface area contributed by atoms with Crippen LogP contribution in [0.1, 0.15) is 39.0 Å². The number of carbonyl (C=O) groups is 3. The molecule has 2 amide bonds. The van der Waals surface area contributed by atoms with E-state index in [9.17, 15) is 14.4 Å². The van der Waals surface area contributed by atoms with Gasteiger partial charge in [-0.25, -0.2) is 0 Å². The number of amides is 2. The molecule has 0 saturated carbocycles. The van der Waals surface area contributed by atoms with Gasteiger partial charge in [-0.15, -0.1) is 11.8 Å². The molecule has 0 spiro atoms. The molecule has 1 atom stereocenters. The van der Waals surface area contributed by atoms with Gasteiger partial charge in [0.15, 0.2) is 6.61 Å². The van der Waals surface area contributed by atoms with Crippen molar-refractivity contribution < 1.29 is 19.1 Å². The summed E-state index contributed by atoms with van der Waals surface area (Å²) in [7, 11) is 0. The topological polar surface area (TPSA) is 66.9 Å². The van der Waals surface area contributed by atoms with E-state index in [0.29, 0.717) is 24.8 Å². The summed E-state index contributed by atoms with van der Waals surface area (Å²) in [5.74, 6) is -0.764. The Hall–Kier alpha value is -2.02. The number of esters is 1. The standard InChI is InChI=1S/C20H26N2O4S/c1-15-10-12-22(16-7-4-5-8-17(16)27-15)19(24)14-26-20(25)13-21-11-6-2-3-9-18(21)23/h4-5,7-8,15H,2-3,6,9-14H2,1H3/t15-/m0/s1. The molecule has 1 aromatic rings. The summed E-state index contributed by atoms with van der Waals surface area (Å²) in [6, 6.07) is 7.81. The molecule has 1 fully saturated rings. The van der Waals surface area contributed by atoms with Crippen molar-refractivity contribution in [2.24, 2.45) is 0 Å². The van der Waals surface area contributed by atoms with Crippen LogP contribution in [-0.2, 0) is 19.1 Å². The lowest BCUT2D eigenvalue weighted by Crippen LogP contribution is -2.39. The molecule has 2 aliphatic rings. The summed E-state index contributed by atoms with van der Waals surface area (Å²) < 4.78 is 5.20. The summed E-state index contributed by atoms with van der Waals surface area (Å²) in [5.41, 5.74) is 0.871.